The third-order valence-corrected chi connectivity index (χ3v) is 1.40. The van der Waals surface area contributed by atoms with Crippen molar-refractivity contribution in [3.8, 4) is 0 Å². The molecule has 0 spiro atoms. The predicted molar refractivity (Wildman–Crippen MR) is 61.0 cm³/mol. The van der Waals surface area contributed by atoms with Crippen molar-refractivity contribution in [2.24, 2.45) is 0 Å². The monoisotopic (exact) mass is 210 g/mol. The molecule has 0 nitrogen and oxygen atoms in total. The summed E-state index contributed by atoms with van der Waals surface area (Å²) in [5.41, 5.74) is 0. The Kier molecular flexibility index (Phi) is 7.48. The van der Waals surface area contributed by atoms with Crippen LogP contribution in [0, 0.1) is 0 Å². The minimum atomic E-state index is -0.445. The van der Waals surface area contributed by atoms with E-state index in [0.717, 1.165) is 5.02 Å². The van der Waals surface area contributed by atoms with E-state index in [1.54, 1.807) is 0 Å². The number of rotatable bonds is 2. The van der Waals surface area contributed by atoms with E-state index in [1.165, 1.54) is 18.2 Å². The third kappa shape index (κ3) is 8.75. The molecule has 0 aliphatic carbocycles. The SMILES string of the molecule is C=C/C=C\C(=C)F.Clc1ccccc1. The van der Waals surface area contributed by atoms with Crippen molar-refractivity contribution >= 4 is 11.6 Å². The Balaban J connectivity index is 0.000000241. The van der Waals surface area contributed by atoms with E-state index in [0.29, 0.717) is 0 Å². The summed E-state index contributed by atoms with van der Waals surface area (Å²) in [5.74, 6) is -0.445. The Labute approximate surface area is 89.0 Å². The highest BCUT2D eigenvalue weighted by molar-refractivity contribution is 6.30. The highest BCUT2D eigenvalue weighted by atomic mass is 35.5. The van der Waals surface area contributed by atoms with Crippen molar-refractivity contribution in [1.29, 1.82) is 0 Å². The Morgan fingerprint density at radius 2 is 1.86 bits per heavy atom. The first-order chi connectivity index (χ1) is 6.66. The van der Waals surface area contributed by atoms with Crippen molar-refractivity contribution < 1.29 is 4.39 Å². The predicted octanol–water partition coefficient (Wildman–Crippen LogP) is 4.55. The molecule has 0 unspecified atom stereocenters. The Bertz CT molecular complexity index is 301. The summed E-state index contributed by atoms with van der Waals surface area (Å²) in [4.78, 5) is 0. The molecule has 1 rings (SSSR count). The molecule has 2 heteroatoms. The van der Waals surface area contributed by atoms with Gasteiger partial charge in [-0.15, -0.1) is 0 Å². The molecule has 14 heavy (non-hydrogen) atoms. The van der Waals surface area contributed by atoms with Gasteiger partial charge in [-0.05, 0) is 18.2 Å². The Morgan fingerprint density at radius 1 is 1.29 bits per heavy atom. The van der Waals surface area contributed by atoms with Gasteiger partial charge in [0, 0.05) is 5.02 Å². The third-order valence-electron chi connectivity index (χ3n) is 1.15. The molecule has 0 bridgehead atoms. The molecule has 1 aromatic rings. The Morgan fingerprint density at radius 3 is 2.07 bits per heavy atom. The highest BCUT2D eigenvalue weighted by Gasteiger charge is 1.75. The lowest BCUT2D eigenvalue weighted by molar-refractivity contribution is 0.671. The molecular weight excluding hydrogens is 199 g/mol. The summed E-state index contributed by atoms with van der Waals surface area (Å²) in [6, 6.07) is 9.44. The zero-order valence-corrected chi connectivity index (χ0v) is 8.54. The lowest BCUT2D eigenvalue weighted by Crippen LogP contribution is -1.55. The topological polar surface area (TPSA) is 0 Å². The van der Waals surface area contributed by atoms with Gasteiger partial charge in [0.05, 0.1) is 0 Å². The molecule has 0 atom stereocenters. The summed E-state index contributed by atoms with van der Waals surface area (Å²) in [7, 11) is 0. The molecule has 0 aromatic heterocycles. The summed E-state index contributed by atoms with van der Waals surface area (Å²) in [6.07, 6.45) is 4.22. The summed E-state index contributed by atoms with van der Waals surface area (Å²) in [5, 5.41) is 0.794. The van der Waals surface area contributed by atoms with E-state index in [9.17, 15) is 4.39 Å². The first-order valence-electron chi connectivity index (χ1n) is 4.01. The van der Waals surface area contributed by atoms with E-state index in [-0.39, 0.29) is 0 Å². The molecule has 0 amide bonds. The quantitative estimate of drug-likeness (QED) is 0.628. The van der Waals surface area contributed by atoms with Gasteiger partial charge < -0.3 is 0 Å². The van der Waals surface area contributed by atoms with Gasteiger partial charge in [-0.1, -0.05) is 55.1 Å². The fourth-order valence-electron chi connectivity index (χ4n) is 0.587. The fourth-order valence-corrected chi connectivity index (χ4v) is 0.733. The molecule has 0 aliphatic rings. The van der Waals surface area contributed by atoms with Crippen LogP contribution in [0.5, 0.6) is 0 Å². The Hall–Kier alpha value is -1.34. The molecule has 0 N–H and O–H groups in total. The van der Waals surface area contributed by atoms with Crippen molar-refractivity contribution in [2.45, 2.75) is 0 Å². The fraction of sp³-hybridized carbons (Fsp3) is 0. The van der Waals surface area contributed by atoms with Crippen LogP contribution in [0.15, 0.2) is 67.5 Å². The largest absolute Gasteiger partial charge is 0.208 e. The number of hydrogen-bond donors (Lipinski definition) is 0. The zero-order valence-electron chi connectivity index (χ0n) is 7.79. The average Bonchev–Trinajstić information content (AvgIpc) is 2.17. The van der Waals surface area contributed by atoms with Crippen molar-refractivity contribution in [3.05, 3.63) is 72.6 Å². The van der Waals surface area contributed by atoms with Crippen LogP contribution in [0.25, 0.3) is 0 Å². The summed E-state index contributed by atoms with van der Waals surface area (Å²) in [6.45, 7) is 6.33. The zero-order chi connectivity index (χ0) is 10.8. The number of benzene rings is 1. The molecule has 0 heterocycles. The standard InChI is InChI=1S/C6H5Cl.C6H7F/c7-6-4-2-1-3-5-6;1-3-4-5-6(2)7/h1-5H;3-5H,1-2H2/b;5-4-. The molecule has 1 aromatic carbocycles. The van der Waals surface area contributed by atoms with Crippen LogP contribution in [0.1, 0.15) is 0 Å². The normalized spacial score (nSPS) is 9.00. The van der Waals surface area contributed by atoms with Crippen molar-refractivity contribution in [2.75, 3.05) is 0 Å². The van der Waals surface area contributed by atoms with Gasteiger partial charge in [-0.3, -0.25) is 0 Å². The number of halogens is 2. The summed E-state index contributed by atoms with van der Waals surface area (Å²) >= 11 is 5.54. The lowest BCUT2D eigenvalue weighted by atomic mass is 10.4. The second-order valence-corrected chi connectivity index (χ2v) is 2.77. The minimum Gasteiger partial charge on any atom is -0.208 e. The molecule has 0 radical (unpaired) electrons. The molecule has 0 fully saturated rings. The smallest absolute Gasteiger partial charge is 0.116 e. The minimum absolute atomic E-state index is 0.445. The van der Waals surface area contributed by atoms with Crippen LogP contribution in [-0.4, -0.2) is 0 Å². The van der Waals surface area contributed by atoms with Gasteiger partial charge in [0.1, 0.15) is 5.83 Å². The molecule has 0 saturated heterocycles. The number of allylic oxidation sites excluding steroid dienone is 4. The van der Waals surface area contributed by atoms with E-state index >= 15 is 0 Å². The average molecular weight is 211 g/mol. The van der Waals surface area contributed by atoms with Gasteiger partial charge in [0.25, 0.3) is 0 Å². The number of hydrogen-bond acceptors (Lipinski definition) is 0. The van der Waals surface area contributed by atoms with Crippen LogP contribution in [-0.2, 0) is 0 Å². The second-order valence-electron chi connectivity index (χ2n) is 2.34. The van der Waals surface area contributed by atoms with E-state index in [1.807, 2.05) is 30.3 Å². The van der Waals surface area contributed by atoms with Crippen LogP contribution >= 0.6 is 11.6 Å². The first kappa shape index (κ1) is 12.7. The van der Waals surface area contributed by atoms with Crippen LogP contribution in [0.4, 0.5) is 4.39 Å². The van der Waals surface area contributed by atoms with Gasteiger partial charge >= 0.3 is 0 Å². The highest BCUT2D eigenvalue weighted by Crippen LogP contribution is 2.03. The molecule has 74 valence electrons. The maximum Gasteiger partial charge on any atom is 0.116 e. The first-order valence-corrected chi connectivity index (χ1v) is 4.38. The maximum absolute atomic E-state index is 11.6. The molecule has 0 saturated carbocycles. The van der Waals surface area contributed by atoms with Gasteiger partial charge in [-0.2, -0.15) is 0 Å². The van der Waals surface area contributed by atoms with Crippen LogP contribution in [0.2, 0.25) is 5.02 Å². The van der Waals surface area contributed by atoms with E-state index in [2.05, 4.69) is 13.2 Å². The molecular formula is C12H12ClF. The van der Waals surface area contributed by atoms with E-state index < -0.39 is 5.83 Å². The summed E-state index contributed by atoms with van der Waals surface area (Å²) < 4.78 is 11.6. The maximum atomic E-state index is 11.6. The molecule has 0 aliphatic heterocycles. The van der Waals surface area contributed by atoms with Crippen molar-refractivity contribution in [3.63, 3.8) is 0 Å². The lowest BCUT2D eigenvalue weighted by Gasteiger charge is -1.80. The second kappa shape index (κ2) is 8.27. The van der Waals surface area contributed by atoms with Gasteiger partial charge in [-0.25, -0.2) is 4.39 Å². The van der Waals surface area contributed by atoms with Gasteiger partial charge in [0.15, 0.2) is 0 Å². The van der Waals surface area contributed by atoms with E-state index in [4.69, 9.17) is 11.6 Å². The van der Waals surface area contributed by atoms with Crippen molar-refractivity contribution in [1.82, 2.24) is 0 Å². The van der Waals surface area contributed by atoms with Crippen LogP contribution in [0.3, 0.4) is 0 Å². The van der Waals surface area contributed by atoms with Gasteiger partial charge in [0.2, 0.25) is 0 Å². The van der Waals surface area contributed by atoms with Crippen LogP contribution < -0.4 is 0 Å².